The monoisotopic (exact) mass is 429 g/mol. The lowest BCUT2D eigenvalue weighted by Gasteiger charge is -2.22. The number of sulfonamides is 1. The van der Waals surface area contributed by atoms with Gasteiger partial charge >= 0.3 is 0 Å². The van der Waals surface area contributed by atoms with Gasteiger partial charge in [-0.05, 0) is 54.9 Å². The molecule has 3 aliphatic heterocycles. The topological polar surface area (TPSA) is 95.0 Å². The number of hydrogen-bond donors (Lipinski definition) is 1. The van der Waals surface area contributed by atoms with E-state index in [0.29, 0.717) is 23.0 Å². The minimum Gasteiger partial charge on any atom is -0.355 e. The van der Waals surface area contributed by atoms with E-state index in [9.17, 15) is 13.2 Å². The van der Waals surface area contributed by atoms with Gasteiger partial charge in [0.25, 0.3) is 15.9 Å². The Balaban J connectivity index is 1.40. The number of rotatable bonds is 3. The van der Waals surface area contributed by atoms with Crippen molar-refractivity contribution in [2.24, 2.45) is 4.40 Å². The second-order valence-corrected chi connectivity index (χ2v) is 9.88. The molecule has 0 spiro atoms. The fraction of sp³-hybridized carbons (Fsp3) is 0.316. The molecular formula is C19H19N5O3S2. The molecule has 0 unspecified atom stereocenters. The van der Waals surface area contributed by atoms with Crippen molar-refractivity contribution < 1.29 is 13.2 Å². The zero-order valence-corrected chi connectivity index (χ0v) is 17.2. The standard InChI is InChI=1S/C19H19N5O3S2/c25-18(21-14-4-3-7-20-17(14)23-8-1-2-9-23)13-5-6-15-16(12-13)28-19-22-29(26,27)11-10-24(15)19/h3-7,12H,1-2,8-11H2,(H,21,25). The number of pyridine rings is 1. The molecule has 0 aliphatic carbocycles. The highest BCUT2D eigenvalue weighted by atomic mass is 32.2. The maximum absolute atomic E-state index is 12.9. The summed E-state index contributed by atoms with van der Waals surface area (Å²) in [7, 11) is -3.40. The molecule has 1 aromatic carbocycles. The summed E-state index contributed by atoms with van der Waals surface area (Å²) >= 11 is 1.28. The molecule has 5 rings (SSSR count). The lowest BCUT2D eigenvalue weighted by atomic mass is 10.1. The Kier molecular flexibility index (Phi) is 4.47. The molecule has 8 nitrogen and oxygen atoms in total. The molecule has 0 bridgehead atoms. The largest absolute Gasteiger partial charge is 0.355 e. The van der Waals surface area contributed by atoms with Crippen LogP contribution < -0.4 is 15.1 Å². The molecule has 4 heterocycles. The van der Waals surface area contributed by atoms with Crippen molar-refractivity contribution in [3.05, 3.63) is 42.1 Å². The number of benzene rings is 1. The van der Waals surface area contributed by atoms with Crippen LogP contribution in [0.2, 0.25) is 0 Å². The SMILES string of the molecule is O=C(Nc1cccnc1N1CCCC1)c1ccc2c(c1)SC1=NS(=O)(=O)CCN12. The number of fused-ring (bicyclic) bond motifs is 3. The Hall–Kier alpha value is -2.59. The van der Waals surface area contributed by atoms with E-state index in [1.807, 2.05) is 23.1 Å². The predicted octanol–water partition coefficient (Wildman–Crippen LogP) is 2.55. The van der Waals surface area contributed by atoms with E-state index >= 15 is 0 Å². The molecule has 1 N–H and O–H groups in total. The highest BCUT2D eigenvalue weighted by Crippen LogP contribution is 2.42. The van der Waals surface area contributed by atoms with Gasteiger partial charge in [0.05, 0.1) is 17.1 Å². The summed E-state index contributed by atoms with van der Waals surface area (Å²) in [5.41, 5.74) is 2.09. The van der Waals surface area contributed by atoms with E-state index in [0.717, 1.165) is 42.3 Å². The molecule has 1 aromatic heterocycles. The molecule has 10 heteroatoms. The van der Waals surface area contributed by atoms with E-state index in [1.54, 1.807) is 18.3 Å². The van der Waals surface area contributed by atoms with Crippen molar-refractivity contribution in [2.75, 3.05) is 40.5 Å². The van der Waals surface area contributed by atoms with Crippen LogP contribution in [0.4, 0.5) is 17.2 Å². The number of thioether (sulfide) groups is 1. The fourth-order valence-electron chi connectivity index (χ4n) is 3.74. The first kappa shape index (κ1) is 18.4. The van der Waals surface area contributed by atoms with E-state index in [1.165, 1.54) is 11.8 Å². The molecule has 1 amide bonds. The number of carbonyl (C=O) groups excluding carboxylic acids is 1. The van der Waals surface area contributed by atoms with Crippen molar-refractivity contribution in [2.45, 2.75) is 17.7 Å². The van der Waals surface area contributed by atoms with Crippen LogP contribution in [0.3, 0.4) is 0 Å². The molecule has 3 aliphatic rings. The van der Waals surface area contributed by atoms with Gasteiger partial charge in [0.2, 0.25) is 0 Å². The van der Waals surface area contributed by atoms with Crippen LogP contribution in [0.25, 0.3) is 0 Å². The first-order valence-corrected chi connectivity index (χ1v) is 11.9. The normalized spacial score (nSPS) is 19.5. The van der Waals surface area contributed by atoms with Crippen LogP contribution in [-0.4, -0.2) is 49.9 Å². The zero-order valence-electron chi connectivity index (χ0n) is 15.5. The van der Waals surface area contributed by atoms with E-state index in [4.69, 9.17) is 0 Å². The summed E-state index contributed by atoms with van der Waals surface area (Å²) in [6.45, 7) is 2.26. The molecule has 150 valence electrons. The molecule has 0 radical (unpaired) electrons. The number of carbonyl (C=O) groups is 1. The highest BCUT2D eigenvalue weighted by molar-refractivity contribution is 8.15. The number of anilines is 3. The summed E-state index contributed by atoms with van der Waals surface area (Å²) in [4.78, 5) is 22.3. The number of nitrogens with one attached hydrogen (secondary N) is 1. The van der Waals surface area contributed by atoms with Crippen LogP contribution in [0.1, 0.15) is 23.2 Å². The van der Waals surface area contributed by atoms with Gasteiger partial charge in [-0.2, -0.15) is 0 Å². The summed E-state index contributed by atoms with van der Waals surface area (Å²) in [6, 6.07) is 9.06. The molecule has 0 saturated carbocycles. The minimum atomic E-state index is -3.40. The van der Waals surface area contributed by atoms with Gasteiger partial charge in [-0.1, -0.05) is 0 Å². The third kappa shape index (κ3) is 3.46. The fourth-order valence-corrected chi connectivity index (χ4v) is 6.04. The van der Waals surface area contributed by atoms with Crippen LogP contribution in [-0.2, 0) is 10.0 Å². The second kappa shape index (κ2) is 7.03. The number of aromatic nitrogens is 1. The van der Waals surface area contributed by atoms with E-state index in [2.05, 4.69) is 19.6 Å². The van der Waals surface area contributed by atoms with Crippen molar-refractivity contribution in [1.29, 1.82) is 0 Å². The van der Waals surface area contributed by atoms with E-state index < -0.39 is 10.0 Å². The van der Waals surface area contributed by atoms with Crippen LogP contribution in [0.5, 0.6) is 0 Å². The summed E-state index contributed by atoms with van der Waals surface area (Å²) in [5, 5.41) is 3.43. The van der Waals surface area contributed by atoms with Crippen LogP contribution in [0.15, 0.2) is 45.8 Å². The quantitative estimate of drug-likeness (QED) is 0.801. The van der Waals surface area contributed by atoms with Gasteiger partial charge < -0.3 is 15.1 Å². The third-order valence-electron chi connectivity index (χ3n) is 5.18. The Labute approximate surface area is 173 Å². The summed E-state index contributed by atoms with van der Waals surface area (Å²) < 4.78 is 27.4. The molecule has 1 saturated heterocycles. The maximum atomic E-state index is 12.9. The lowest BCUT2D eigenvalue weighted by molar-refractivity contribution is 0.102. The summed E-state index contributed by atoms with van der Waals surface area (Å²) in [6.07, 6.45) is 3.99. The Morgan fingerprint density at radius 3 is 2.79 bits per heavy atom. The first-order valence-electron chi connectivity index (χ1n) is 9.44. The van der Waals surface area contributed by atoms with Gasteiger partial charge in [-0.3, -0.25) is 4.79 Å². The molecular weight excluding hydrogens is 410 g/mol. The average molecular weight is 430 g/mol. The maximum Gasteiger partial charge on any atom is 0.257 e. The number of amidine groups is 1. The summed E-state index contributed by atoms with van der Waals surface area (Å²) in [5.74, 6) is 0.575. The minimum absolute atomic E-state index is 0.000971. The second-order valence-electron chi connectivity index (χ2n) is 7.12. The smallest absolute Gasteiger partial charge is 0.257 e. The number of nitrogens with zero attached hydrogens (tertiary/aromatic N) is 4. The Morgan fingerprint density at radius 2 is 1.97 bits per heavy atom. The van der Waals surface area contributed by atoms with Crippen LogP contribution >= 0.6 is 11.8 Å². The van der Waals surface area contributed by atoms with Gasteiger partial charge in [-0.15, -0.1) is 4.40 Å². The average Bonchev–Trinajstić information content (AvgIpc) is 3.34. The molecule has 0 atom stereocenters. The predicted molar refractivity (Wildman–Crippen MR) is 115 cm³/mol. The molecule has 29 heavy (non-hydrogen) atoms. The molecule has 2 aromatic rings. The lowest BCUT2D eigenvalue weighted by Crippen LogP contribution is -2.35. The van der Waals surface area contributed by atoms with Crippen molar-refractivity contribution in [3.8, 4) is 0 Å². The number of hydrogen-bond acceptors (Lipinski definition) is 7. The Morgan fingerprint density at radius 1 is 1.14 bits per heavy atom. The molecule has 1 fully saturated rings. The zero-order chi connectivity index (χ0) is 20.0. The third-order valence-corrected chi connectivity index (χ3v) is 7.48. The van der Waals surface area contributed by atoms with Crippen molar-refractivity contribution >= 4 is 50.1 Å². The van der Waals surface area contributed by atoms with Gasteiger partial charge in [0, 0.05) is 36.3 Å². The first-order chi connectivity index (χ1) is 14.0. The van der Waals surface area contributed by atoms with Crippen LogP contribution in [0, 0.1) is 0 Å². The Bertz CT molecular complexity index is 1130. The highest BCUT2D eigenvalue weighted by Gasteiger charge is 2.33. The van der Waals surface area contributed by atoms with Crippen molar-refractivity contribution in [3.63, 3.8) is 0 Å². The van der Waals surface area contributed by atoms with Gasteiger partial charge in [0.1, 0.15) is 0 Å². The van der Waals surface area contributed by atoms with Gasteiger partial charge in [-0.25, -0.2) is 13.4 Å². The van der Waals surface area contributed by atoms with Crippen molar-refractivity contribution in [1.82, 2.24) is 4.98 Å². The van der Waals surface area contributed by atoms with E-state index in [-0.39, 0.29) is 11.7 Å². The van der Waals surface area contributed by atoms with Gasteiger partial charge in [0.15, 0.2) is 11.0 Å². The number of amides is 1.